The van der Waals surface area contributed by atoms with Gasteiger partial charge in [0.25, 0.3) is 5.91 Å². The van der Waals surface area contributed by atoms with E-state index in [1.165, 1.54) is 4.31 Å². The van der Waals surface area contributed by atoms with Crippen molar-refractivity contribution in [2.24, 2.45) is 17.3 Å². The summed E-state index contributed by atoms with van der Waals surface area (Å²) in [6, 6.07) is 7.76. The van der Waals surface area contributed by atoms with Gasteiger partial charge in [-0.2, -0.15) is 5.26 Å². The zero-order valence-corrected chi connectivity index (χ0v) is 23.0. The van der Waals surface area contributed by atoms with Crippen LogP contribution in [0.1, 0.15) is 54.7 Å². The molecule has 0 spiro atoms. The lowest BCUT2D eigenvalue weighted by molar-refractivity contribution is -0.138. The maximum atomic E-state index is 13.6. The Morgan fingerprint density at radius 1 is 1.21 bits per heavy atom. The minimum absolute atomic E-state index is 0.0463. The number of nitriles is 1. The fourth-order valence-electron chi connectivity index (χ4n) is 7.04. The monoisotopic (exact) mass is 560 g/mol. The number of fused-ring (bicyclic) bond motifs is 1. The lowest BCUT2D eigenvalue weighted by Crippen LogP contribution is -2.49. The Kier molecular flexibility index (Phi) is 7.88. The van der Waals surface area contributed by atoms with E-state index in [1.54, 1.807) is 16.4 Å². The van der Waals surface area contributed by atoms with Crippen molar-refractivity contribution in [3.8, 4) is 6.07 Å². The van der Waals surface area contributed by atoms with Crippen LogP contribution in [0, 0.1) is 35.5 Å². The number of aryl methyl sites for hydroxylation is 1. The summed E-state index contributed by atoms with van der Waals surface area (Å²) < 4.78 is 39.4. The van der Waals surface area contributed by atoms with Crippen LogP contribution in [0.5, 0.6) is 0 Å². The number of hydroxylamine groups is 1. The molecule has 39 heavy (non-hydrogen) atoms. The van der Waals surface area contributed by atoms with Crippen LogP contribution in [-0.4, -0.2) is 86.1 Å². The second-order valence-electron chi connectivity index (χ2n) is 11.5. The van der Waals surface area contributed by atoms with Crippen LogP contribution in [0.4, 0.5) is 4.79 Å². The summed E-state index contributed by atoms with van der Waals surface area (Å²) in [7, 11) is -3.78. The predicted octanol–water partition coefficient (Wildman–Crippen LogP) is 2.13. The van der Waals surface area contributed by atoms with Crippen molar-refractivity contribution in [2.75, 3.05) is 45.1 Å². The van der Waals surface area contributed by atoms with Gasteiger partial charge in [0.15, 0.2) is 0 Å². The largest absolute Gasteiger partial charge is 0.444 e. The van der Waals surface area contributed by atoms with Crippen molar-refractivity contribution in [2.45, 2.75) is 51.0 Å². The summed E-state index contributed by atoms with van der Waals surface area (Å²) in [4.78, 5) is 27.2. The summed E-state index contributed by atoms with van der Waals surface area (Å²) in [5, 5.41) is 18.7. The van der Waals surface area contributed by atoms with Gasteiger partial charge < -0.3 is 14.4 Å². The molecule has 2 amide bonds. The van der Waals surface area contributed by atoms with E-state index in [1.807, 2.05) is 19.1 Å². The number of rotatable bonds is 6. The first kappa shape index (κ1) is 27.8. The van der Waals surface area contributed by atoms with E-state index in [9.17, 15) is 23.2 Å². The quantitative estimate of drug-likeness (QED) is 0.397. The molecule has 4 fully saturated rings. The Morgan fingerprint density at radius 3 is 2.46 bits per heavy atom. The molecule has 1 saturated carbocycles. The van der Waals surface area contributed by atoms with Crippen molar-refractivity contribution < 1.29 is 32.7 Å². The molecule has 1 aliphatic carbocycles. The Hall–Kier alpha value is -2.72. The van der Waals surface area contributed by atoms with Crippen molar-refractivity contribution in [3.05, 3.63) is 34.9 Å². The van der Waals surface area contributed by atoms with Gasteiger partial charge in [-0.15, -0.1) is 0 Å². The third kappa shape index (κ3) is 5.63. The zero-order valence-electron chi connectivity index (χ0n) is 22.2. The van der Waals surface area contributed by atoms with Gasteiger partial charge in [-0.3, -0.25) is 10.0 Å². The van der Waals surface area contributed by atoms with Crippen molar-refractivity contribution in [1.82, 2.24) is 14.7 Å². The van der Waals surface area contributed by atoms with Crippen molar-refractivity contribution in [1.29, 1.82) is 5.26 Å². The minimum atomic E-state index is -3.78. The molecule has 3 heterocycles. The lowest BCUT2D eigenvalue weighted by atomic mass is 9.86. The maximum absolute atomic E-state index is 13.6. The number of ether oxygens (including phenoxy) is 2. The van der Waals surface area contributed by atoms with Crippen LogP contribution < -0.4 is 5.48 Å². The van der Waals surface area contributed by atoms with Crippen LogP contribution in [0.2, 0.25) is 0 Å². The Bertz CT molecular complexity index is 1240. The molecule has 3 aliphatic heterocycles. The second-order valence-corrected chi connectivity index (χ2v) is 13.5. The van der Waals surface area contributed by atoms with E-state index in [0.29, 0.717) is 64.2 Å². The van der Waals surface area contributed by atoms with E-state index in [-0.39, 0.29) is 42.5 Å². The van der Waals surface area contributed by atoms with Crippen LogP contribution in [0.3, 0.4) is 0 Å². The van der Waals surface area contributed by atoms with E-state index < -0.39 is 27.4 Å². The highest BCUT2D eigenvalue weighted by Crippen LogP contribution is 2.50. The first-order valence-corrected chi connectivity index (χ1v) is 15.2. The van der Waals surface area contributed by atoms with Gasteiger partial charge in [0, 0.05) is 32.6 Å². The first-order valence-electron chi connectivity index (χ1n) is 13.6. The van der Waals surface area contributed by atoms with E-state index >= 15 is 0 Å². The molecule has 212 valence electrons. The van der Waals surface area contributed by atoms with Crippen LogP contribution >= 0.6 is 0 Å². The van der Waals surface area contributed by atoms with Crippen molar-refractivity contribution >= 4 is 22.0 Å². The summed E-state index contributed by atoms with van der Waals surface area (Å²) in [6.45, 7) is 4.43. The molecule has 5 rings (SSSR count). The molecular formula is C27H36N4O7S. The van der Waals surface area contributed by atoms with Gasteiger partial charge in [-0.1, -0.05) is 6.07 Å². The number of piperidine rings is 1. The summed E-state index contributed by atoms with van der Waals surface area (Å²) in [6.07, 6.45) is 1.89. The molecule has 0 aromatic heterocycles. The molecule has 11 nitrogen and oxygen atoms in total. The zero-order chi connectivity index (χ0) is 27.8. The number of amides is 2. The van der Waals surface area contributed by atoms with E-state index in [2.05, 4.69) is 6.07 Å². The van der Waals surface area contributed by atoms with Crippen LogP contribution in [0.15, 0.2) is 18.2 Å². The second kappa shape index (κ2) is 11.0. The smallest absolute Gasteiger partial charge is 0.410 e. The SMILES string of the molecule is Cc1cc(C#N)ccc1C1CCN(S(=O)(=O)CC2(C(=O)NO)C[C@H]3CN(C(=O)O[C@H]4CCOC4)C[C@H]3C2)CC1. The van der Waals surface area contributed by atoms with Crippen molar-refractivity contribution in [3.63, 3.8) is 0 Å². The fraction of sp³-hybridized carbons (Fsp3) is 0.667. The van der Waals surface area contributed by atoms with Crippen LogP contribution in [0.25, 0.3) is 0 Å². The minimum Gasteiger partial charge on any atom is -0.444 e. The Morgan fingerprint density at radius 2 is 1.90 bits per heavy atom. The molecule has 12 heteroatoms. The number of sulfonamides is 1. The summed E-state index contributed by atoms with van der Waals surface area (Å²) in [5.41, 5.74) is 3.24. The van der Waals surface area contributed by atoms with Crippen LogP contribution in [-0.2, 0) is 24.3 Å². The number of carbonyl (C=O) groups excluding carboxylic acids is 2. The number of benzene rings is 1. The lowest BCUT2D eigenvalue weighted by Gasteiger charge is -2.35. The third-order valence-electron chi connectivity index (χ3n) is 9.02. The highest BCUT2D eigenvalue weighted by Gasteiger charge is 2.56. The van der Waals surface area contributed by atoms with Gasteiger partial charge in [0.05, 0.1) is 36.0 Å². The molecule has 4 aliphatic rings. The molecular weight excluding hydrogens is 524 g/mol. The molecule has 0 bridgehead atoms. The predicted molar refractivity (Wildman–Crippen MR) is 139 cm³/mol. The number of likely N-dealkylation sites (tertiary alicyclic amines) is 1. The molecule has 1 aromatic carbocycles. The fourth-order valence-corrected chi connectivity index (χ4v) is 9.05. The number of hydrogen-bond donors (Lipinski definition) is 2. The normalized spacial score (nSPS) is 29.7. The molecule has 1 aromatic rings. The number of carbonyl (C=O) groups is 2. The molecule has 3 saturated heterocycles. The average Bonchev–Trinajstić information content (AvgIpc) is 3.64. The summed E-state index contributed by atoms with van der Waals surface area (Å²) >= 11 is 0. The summed E-state index contributed by atoms with van der Waals surface area (Å²) in [5.74, 6) is -0.943. The highest BCUT2D eigenvalue weighted by molar-refractivity contribution is 7.89. The van der Waals surface area contributed by atoms with Gasteiger partial charge in [0.1, 0.15) is 6.10 Å². The van der Waals surface area contributed by atoms with Gasteiger partial charge in [-0.05, 0) is 73.6 Å². The Balaban J connectivity index is 1.21. The average molecular weight is 561 g/mol. The first-order chi connectivity index (χ1) is 18.6. The van der Waals surface area contributed by atoms with E-state index in [0.717, 1.165) is 11.1 Å². The number of hydrogen-bond acceptors (Lipinski definition) is 8. The van der Waals surface area contributed by atoms with Gasteiger partial charge >= 0.3 is 6.09 Å². The topological polar surface area (TPSA) is 149 Å². The highest BCUT2D eigenvalue weighted by atomic mass is 32.2. The van der Waals surface area contributed by atoms with E-state index in [4.69, 9.17) is 14.7 Å². The third-order valence-corrected chi connectivity index (χ3v) is 11.1. The number of nitrogens with one attached hydrogen (secondary N) is 1. The maximum Gasteiger partial charge on any atom is 0.410 e. The van der Waals surface area contributed by atoms with Gasteiger partial charge in [-0.25, -0.2) is 23.0 Å². The molecule has 2 N–H and O–H groups in total. The van der Waals surface area contributed by atoms with Gasteiger partial charge in [0.2, 0.25) is 10.0 Å². The number of nitrogens with zero attached hydrogens (tertiary/aromatic N) is 3. The molecule has 0 radical (unpaired) electrons. The molecule has 4 atom stereocenters. The molecule has 1 unspecified atom stereocenters. The standard InChI is InChI=1S/C27H36N4O7S/c1-18-10-19(13-28)2-3-24(18)20-4-7-31(8-5-20)39(35,36)17-27(25(32)29-34)11-21-14-30(15-22(21)12-27)26(33)38-23-6-9-37-16-23/h2-3,10,20-23,34H,4-9,11-12,14-17H2,1H3,(H,29,32)/t21-,22+,23-,27?/m0/s1. The Labute approximate surface area is 229 Å².